The molecule has 0 radical (unpaired) electrons. The molecule has 1 saturated carbocycles. The third-order valence-corrected chi connectivity index (χ3v) is 4.51. The molecule has 1 aromatic carbocycles. The fourth-order valence-electron chi connectivity index (χ4n) is 3.22. The van der Waals surface area contributed by atoms with Crippen molar-refractivity contribution in [3.8, 4) is 0 Å². The van der Waals surface area contributed by atoms with Gasteiger partial charge in [0.25, 0.3) is 0 Å². The Morgan fingerprint density at radius 1 is 1.13 bits per heavy atom. The Balaban J connectivity index is 2.04. The van der Waals surface area contributed by atoms with E-state index in [-0.39, 0.29) is 11.1 Å². The van der Waals surface area contributed by atoms with E-state index in [0.717, 1.165) is 25.7 Å². The van der Waals surface area contributed by atoms with Crippen LogP contribution in [0.5, 0.6) is 0 Å². The van der Waals surface area contributed by atoms with Gasteiger partial charge in [-0.2, -0.15) is 0 Å². The van der Waals surface area contributed by atoms with E-state index in [9.17, 15) is 14.7 Å². The summed E-state index contributed by atoms with van der Waals surface area (Å²) in [5, 5.41) is 18.4. The summed E-state index contributed by atoms with van der Waals surface area (Å²) in [4.78, 5) is 22.4. The van der Waals surface area contributed by atoms with Crippen molar-refractivity contribution in [1.82, 2.24) is 0 Å². The molecule has 124 valence electrons. The van der Waals surface area contributed by atoms with Crippen LogP contribution in [0.25, 0.3) is 0 Å². The summed E-state index contributed by atoms with van der Waals surface area (Å²) >= 11 is 0. The van der Waals surface area contributed by atoms with Crippen molar-refractivity contribution >= 4 is 11.9 Å². The van der Waals surface area contributed by atoms with Gasteiger partial charge in [0.05, 0.1) is 24.0 Å². The van der Waals surface area contributed by atoms with E-state index in [1.165, 1.54) is 24.5 Å². The summed E-state index contributed by atoms with van der Waals surface area (Å²) in [7, 11) is 0. The van der Waals surface area contributed by atoms with Crippen LogP contribution in [0.1, 0.15) is 52.0 Å². The van der Waals surface area contributed by atoms with Crippen molar-refractivity contribution < 1.29 is 24.5 Å². The lowest BCUT2D eigenvalue weighted by molar-refractivity contribution is 0.0679. The first-order valence-corrected chi connectivity index (χ1v) is 7.83. The van der Waals surface area contributed by atoms with Crippen molar-refractivity contribution in [2.75, 3.05) is 6.61 Å². The van der Waals surface area contributed by atoms with Crippen molar-refractivity contribution in [3.63, 3.8) is 0 Å². The predicted octanol–water partition coefficient (Wildman–Crippen LogP) is 3.59. The summed E-state index contributed by atoms with van der Waals surface area (Å²) in [5.41, 5.74) is 0.952. The summed E-state index contributed by atoms with van der Waals surface area (Å²) < 4.78 is 5.24. The zero-order valence-corrected chi connectivity index (χ0v) is 13.0. The van der Waals surface area contributed by atoms with Crippen LogP contribution >= 0.6 is 0 Å². The summed E-state index contributed by atoms with van der Waals surface area (Å²) in [5.74, 6) is -1.14. The number of carbonyl (C=O) groups is 2. The standard InChI is InChI=1S/C18H22O5/c1-2-23-11-13-5-3-12(4-6-13)9-15-10-14(17(19)20)7-8-16(15)18(21)22/h2,7-8,10,12-13H,1,3-6,9,11H2,(H,19,20)(H,21,22). The average Bonchev–Trinajstić information content (AvgIpc) is 2.54. The molecule has 0 aliphatic heterocycles. The molecule has 5 nitrogen and oxygen atoms in total. The highest BCUT2D eigenvalue weighted by atomic mass is 16.5. The third kappa shape index (κ3) is 4.58. The van der Waals surface area contributed by atoms with E-state index in [1.54, 1.807) is 0 Å². The van der Waals surface area contributed by atoms with Gasteiger partial charge in [-0.3, -0.25) is 0 Å². The molecule has 0 amide bonds. The molecule has 1 aliphatic carbocycles. The molecule has 2 N–H and O–H groups in total. The maximum Gasteiger partial charge on any atom is 0.335 e. The van der Waals surface area contributed by atoms with E-state index in [2.05, 4.69) is 6.58 Å². The topological polar surface area (TPSA) is 83.8 Å². The number of carboxylic acids is 2. The molecule has 0 aromatic heterocycles. The lowest BCUT2D eigenvalue weighted by atomic mass is 9.79. The summed E-state index contributed by atoms with van der Waals surface area (Å²) in [6.45, 7) is 4.22. The van der Waals surface area contributed by atoms with Crippen LogP contribution in [0.4, 0.5) is 0 Å². The van der Waals surface area contributed by atoms with Crippen LogP contribution in [0, 0.1) is 11.8 Å². The van der Waals surface area contributed by atoms with E-state index in [1.807, 2.05) is 0 Å². The number of hydrogen-bond donors (Lipinski definition) is 2. The normalized spacial score (nSPS) is 20.7. The van der Waals surface area contributed by atoms with Gasteiger partial charge in [-0.05, 0) is 67.7 Å². The van der Waals surface area contributed by atoms with Gasteiger partial charge in [0.15, 0.2) is 0 Å². The monoisotopic (exact) mass is 318 g/mol. The highest BCUT2D eigenvalue weighted by molar-refractivity contribution is 5.93. The molecule has 0 spiro atoms. The average molecular weight is 318 g/mol. The Morgan fingerprint density at radius 2 is 1.78 bits per heavy atom. The molecule has 1 aromatic rings. The molecule has 1 fully saturated rings. The van der Waals surface area contributed by atoms with Crippen molar-refractivity contribution in [2.45, 2.75) is 32.1 Å². The number of rotatable bonds is 7. The van der Waals surface area contributed by atoms with Gasteiger partial charge in [-0.15, -0.1) is 0 Å². The van der Waals surface area contributed by atoms with Crippen LogP contribution in [-0.2, 0) is 11.2 Å². The minimum absolute atomic E-state index is 0.137. The molecule has 0 heterocycles. The van der Waals surface area contributed by atoms with Crippen LogP contribution in [0.2, 0.25) is 0 Å². The van der Waals surface area contributed by atoms with Crippen molar-refractivity contribution in [3.05, 3.63) is 47.7 Å². The Labute approximate surface area is 135 Å². The van der Waals surface area contributed by atoms with Gasteiger partial charge in [0.2, 0.25) is 0 Å². The smallest absolute Gasteiger partial charge is 0.335 e. The molecular formula is C18H22O5. The molecule has 5 heteroatoms. The Kier molecular flexibility index (Phi) is 5.79. The van der Waals surface area contributed by atoms with Gasteiger partial charge < -0.3 is 14.9 Å². The van der Waals surface area contributed by atoms with E-state index in [0.29, 0.717) is 30.4 Å². The summed E-state index contributed by atoms with van der Waals surface area (Å²) in [6.07, 6.45) is 6.16. The van der Waals surface area contributed by atoms with Crippen molar-refractivity contribution in [1.29, 1.82) is 0 Å². The lowest BCUT2D eigenvalue weighted by Gasteiger charge is -2.28. The molecular weight excluding hydrogens is 296 g/mol. The number of hydrogen-bond acceptors (Lipinski definition) is 3. The molecule has 23 heavy (non-hydrogen) atoms. The molecule has 0 bridgehead atoms. The minimum atomic E-state index is -1.03. The number of aromatic carboxylic acids is 2. The van der Waals surface area contributed by atoms with Crippen LogP contribution < -0.4 is 0 Å². The maximum atomic E-state index is 11.3. The van der Waals surface area contributed by atoms with Gasteiger partial charge in [0, 0.05) is 0 Å². The highest BCUT2D eigenvalue weighted by Crippen LogP contribution is 2.32. The molecule has 1 aliphatic rings. The zero-order valence-electron chi connectivity index (χ0n) is 13.0. The third-order valence-electron chi connectivity index (χ3n) is 4.51. The predicted molar refractivity (Wildman–Crippen MR) is 85.7 cm³/mol. The fraction of sp³-hybridized carbons (Fsp3) is 0.444. The van der Waals surface area contributed by atoms with Crippen LogP contribution in [0.15, 0.2) is 31.0 Å². The molecule has 2 rings (SSSR count). The van der Waals surface area contributed by atoms with Crippen molar-refractivity contribution in [2.24, 2.45) is 11.8 Å². The van der Waals surface area contributed by atoms with Crippen LogP contribution in [-0.4, -0.2) is 28.8 Å². The first-order valence-electron chi connectivity index (χ1n) is 7.83. The second kappa shape index (κ2) is 7.81. The van der Waals surface area contributed by atoms with E-state index in [4.69, 9.17) is 9.84 Å². The number of carboxylic acid groups (broad SMARTS) is 2. The highest BCUT2D eigenvalue weighted by Gasteiger charge is 2.23. The fourth-order valence-corrected chi connectivity index (χ4v) is 3.22. The van der Waals surface area contributed by atoms with E-state index < -0.39 is 11.9 Å². The largest absolute Gasteiger partial charge is 0.502 e. The Morgan fingerprint density at radius 3 is 2.35 bits per heavy atom. The van der Waals surface area contributed by atoms with Crippen LogP contribution in [0.3, 0.4) is 0 Å². The van der Waals surface area contributed by atoms with Gasteiger partial charge >= 0.3 is 11.9 Å². The first-order chi connectivity index (χ1) is 11.0. The van der Waals surface area contributed by atoms with Gasteiger partial charge in [0.1, 0.15) is 0 Å². The first kappa shape index (κ1) is 17.1. The SMILES string of the molecule is C=COCC1CCC(Cc2cc(C(=O)O)ccc2C(=O)O)CC1. The number of ether oxygens (including phenoxy) is 1. The minimum Gasteiger partial charge on any atom is -0.502 e. The van der Waals surface area contributed by atoms with Gasteiger partial charge in [-0.25, -0.2) is 9.59 Å². The van der Waals surface area contributed by atoms with E-state index >= 15 is 0 Å². The zero-order chi connectivity index (χ0) is 16.8. The maximum absolute atomic E-state index is 11.3. The molecule has 0 unspecified atom stereocenters. The molecule has 0 atom stereocenters. The van der Waals surface area contributed by atoms with Gasteiger partial charge in [-0.1, -0.05) is 6.58 Å². The lowest BCUT2D eigenvalue weighted by Crippen LogP contribution is -2.20. The number of benzene rings is 1. The summed E-state index contributed by atoms with van der Waals surface area (Å²) in [6, 6.07) is 4.24. The Bertz CT molecular complexity index is 585. The second-order valence-corrected chi connectivity index (χ2v) is 6.07. The quantitative estimate of drug-likeness (QED) is 0.751. The Hall–Kier alpha value is -2.30. The second-order valence-electron chi connectivity index (χ2n) is 6.07. The molecule has 0 saturated heterocycles.